The molecule has 2 aromatic rings. The third-order valence-corrected chi connectivity index (χ3v) is 3.42. The summed E-state index contributed by atoms with van der Waals surface area (Å²) in [5.74, 6) is 0.704. The van der Waals surface area contributed by atoms with E-state index in [1.54, 1.807) is 6.07 Å². The average molecular weight is 249 g/mol. The highest BCUT2D eigenvalue weighted by Gasteiger charge is 2.19. The van der Waals surface area contributed by atoms with Crippen LogP contribution in [0.2, 0.25) is 0 Å². The molecule has 0 spiro atoms. The molecule has 4 heteroatoms. The SMILES string of the molecule is CCC(c1nc2ccc(F)cc2[nH]1)N(CC)CC. The van der Waals surface area contributed by atoms with Crippen LogP contribution in [0.25, 0.3) is 11.0 Å². The number of benzene rings is 1. The highest BCUT2D eigenvalue weighted by molar-refractivity contribution is 5.75. The van der Waals surface area contributed by atoms with Gasteiger partial charge in [0.25, 0.3) is 0 Å². The molecule has 0 amide bonds. The summed E-state index contributed by atoms with van der Waals surface area (Å²) in [7, 11) is 0. The summed E-state index contributed by atoms with van der Waals surface area (Å²) in [6, 6.07) is 4.95. The molecule has 1 heterocycles. The van der Waals surface area contributed by atoms with E-state index in [0.717, 1.165) is 36.4 Å². The molecular weight excluding hydrogens is 229 g/mol. The van der Waals surface area contributed by atoms with Gasteiger partial charge in [-0.3, -0.25) is 4.90 Å². The summed E-state index contributed by atoms with van der Waals surface area (Å²) in [5.41, 5.74) is 1.60. The van der Waals surface area contributed by atoms with Crippen LogP contribution >= 0.6 is 0 Å². The fourth-order valence-corrected chi connectivity index (χ4v) is 2.45. The van der Waals surface area contributed by atoms with E-state index < -0.39 is 0 Å². The van der Waals surface area contributed by atoms with E-state index in [9.17, 15) is 4.39 Å². The number of aromatic amines is 1. The van der Waals surface area contributed by atoms with Crippen LogP contribution in [0.5, 0.6) is 0 Å². The molecule has 0 fully saturated rings. The van der Waals surface area contributed by atoms with Crippen molar-refractivity contribution in [3.8, 4) is 0 Å². The molecule has 18 heavy (non-hydrogen) atoms. The third kappa shape index (κ3) is 2.38. The van der Waals surface area contributed by atoms with Crippen LogP contribution < -0.4 is 0 Å². The van der Waals surface area contributed by atoms with Gasteiger partial charge in [0, 0.05) is 0 Å². The second-order valence-corrected chi connectivity index (χ2v) is 4.43. The van der Waals surface area contributed by atoms with Crippen LogP contribution in [0.1, 0.15) is 39.1 Å². The molecule has 2 rings (SSSR count). The molecule has 1 unspecified atom stereocenters. The Labute approximate surface area is 107 Å². The van der Waals surface area contributed by atoms with Crippen LogP contribution in [0.4, 0.5) is 4.39 Å². The zero-order valence-corrected chi connectivity index (χ0v) is 11.2. The maximum atomic E-state index is 13.2. The van der Waals surface area contributed by atoms with Crippen molar-refractivity contribution >= 4 is 11.0 Å². The minimum absolute atomic E-state index is 0.228. The Hall–Kier alpha value is -1.42. The van der Waals surface area contributed by atoms with E-state index in [-0.39, 0.29) is 11.9 Å². The number of aromatic nitrogens is 2. The van der Waals surface area contributed by atoms with Crippen molar-refractivity contribution < 1.29 is 4.39 Å². The number of nitrogens with one attached hydrogen (secondary N) is 1. The zero-order chi connectivity index (χ0) is 13.1. The molecule has 0 saturated carbocycles. The lowest BCUT2D eigenvalue weighted by atomic mass is 10.2. The van der Waals surface area contributed by atoms with Gasteiger partial charge < -0.3 is 4.98 Å². The van der Waals surface area contributed by atoms with Crippen molar-refractivity contribution in [1.82, 2.24) is 14.9 Å². The Morgan fingerprint density at radius 3 is 2.61 bits per heavy atom. The summed E-state index contributed by atoms with van der Waals surface area (Å²) in [5, 5.41) is 0. The molecule has 1 aromatic carbocycles. The Morgan fingerprint density at radius 2 is 2.00 bits per heavy atom. The first-order valence-electron chi connectivity index (χ1n) is 6.58. The van der Waals surface area contributed by atoms with Gasteiger partial charge >= 0.3 is 0 Å². The van der Waals surface area contributed by atoms with Gasteiger partial charge in [0.15, 0.2) is 0 Å². The molecule has 0 radical (unpaired) electrons. The molecule has 0 aliphatic rings. The van der Waals surface area contributed by atoms with E-state index >= 15 is 0 Å². The number of halogens is 1. The minimum atomic E-state index is -0.228. The Bertz CT molecular complexity index is 517. The van der Waals surface area contributed by atoms with Crippen LogP contribution in [-0.4, -0.2) is 28.0 Å². The number of hydrogen-bond donors (Lipinski definition) is 1. The first-order chi connectivity index (χ1) is 8.69. The Kier molecular flexibility index (Phi) is 3.97. The second kappa shape index (κ2) is 5.48. The van der Waals surface area contributed by atoms with Gasteiger partial charge in [-0.05, 0) is 37.7 Å². The summed E-state index contributed by atoms with van der Waals surface area (Å²) in [6.07, 6.45) is 0.990. The molecular formula is C14H20FN3. The lowest BCUT2D eigenvalue weighted by molar-refractivity contribution is 0.206. The van der Waals surface area contributed by atoms with Gasteiger partial charge in [-0.1, -0.05) is 20.8 Å². The van der Waals surface area contributed by atoms with Crippen molar-refractivity contribution in [3.05, 3.63) is 29.8 Å². The first-order valence-corrected chi connectivity index (χ1v) is 6.58. The lowest BCUT2D eigenvalue weighted by Crippen LogP contribution is -2.28. The predicted octanol–water partition coefficient (Wildman–Crippen LogP) is 3.49. The number of rotatable bonds is 5. The van der Waals surface area contributed by atoms with Crippen molar-refractivity contribution in [2.45, 2.75) is 33.2 Å². The van der Waals surface area contributed by atoms with Gasteiger partial charge in [0.1, 0.15) is 11.6 Å². The molecule has 0 aliphatic heterocycles. The monoisotopic (exact) mass is 249 g/mol. The third-order valence-electron chi connectivity index (χ3n) is 3.42. The van der Waals surface area contributed by atoms with Crippen LogP contribution in [0.15, 0.2) is 18.2 Å². The van der Waals surface area contributed by atoms with Gasteiger partial charge in [-0.15, -0.1) is 0 Å². The summed E-state index contributed by atoms with van der Waals surface area (Å²) in [6.45, 7) is 8.42. The highest BCUT2D eigenvalue weighted by atomic mass is 19.1. The minimum Gasteiger partial charge on any atom is -0.341 e. The van der Waals surface area contributed by atoms with Crippen molar-refractivity contribution in [2.24, 2.45) is 0 Å². The van der Waals surface area contributed by atoms with Crippen LogP contribution in [0.3, 0.4) is 0 Å². The van der Waals surface area contributed by atoms with E-state index in [1.807, 2.05) is 0 Å². The molecule has 98 valence electrons. The maximum Gasteiger partial charge on any atom is 0.125 e. The van der Waals surface area contributed by atoms with Crippen LogP contribution in [-0.2, 0) is 0 Å². The van der Waals surface area contributed by atoms with Gasteiger partial charge in [0.05, 0.1) is 17.1 Å². The first kappa shape index (κ1) is 13.0. The predicted molar refractivity (Wildman–Crippen MR) is 72.0 cm³/mol. The van der Waals surface area contributed by atoms with Crippen molar-refractivity contribution in [1.29, 1.82) is 0 Å². The molecule has 1 aromatic heterocycles. The van der Waals surface area contributed by atoms with E-state index in [4.69, 9.17) is 0 Å². The van der Waals surface area contributed by atoms with Crippen molar-refractivity contribution in [2.75, 3.05) is 13.1 Å². The van der Waals surface area contributed by atoms with E-state index in [0.29, 0.717) is 0 Å². The molecule has 1 N–H and O–H groups in total. The van der Waals surface area contributed by atoms with E-state index in [2.05, 4.69) is 35.6 Å². The Morgan fingerprint density at radius 1 is 1.28 bits per heavy atom. The summed E-state index contributed by atoms with van der Waals surface area (Å²) >= 11 is 0. The smallest absolute Gasteiger partial charge is 0.125 e. The summed E-state index contributed by atoms with van der Waals surface area (Å²) < 4.78 is 13.2. The molecule has 1 atom stereocenters. The molecule has 0 saturated heterocycles. The average Bonchev–Trinajstić information content (AvgIpc) is 2.78. The second-order valence-electron chi connectivity index (χ2n) is 4.43. The fraction of sp³-hybridized carbons (Fsp3) is 0.500. The number of nitrogens with zero attached hydrogens (tertiary/aromatic N) is 2. The number of imidazole rings is 1. The van der Waals surface area contributed by atoms with Crippen molar-refractivity contribution in [3.63, 3.8) is 0 Å². The maximum absolute atomic E-state index is 13.2. The molecule has 0 bridgehead atoms. The Balaban J connectivity index is 2.39. The van der Waals surface area contributed by atoms with Gasteiger partial charge in [0.2, 0.25) is 0 Å². The molecule has 0 aliphatic carbocycles. The van der Waals surface area contributed by atoms with Gasteiger partial charge in [-0.25, -0.2) is 9.37 Å². The highest BCUT2D eigenvalue weighted by Crippen LogP contribution is 2.24. The fourth-order valence-electron chi connectivity index (χ4n) is 2.45. The van der Waals surface area contributed by atoms with E-state index in [1.165, 1.54) is 12.1 Å². The largest absolute Gasteiger partial charge is 0.341 e. The number of H-pyrrole nitrogens is 1. The zero-order valence-electron chi connectivity index (χ0n) is 11.2. The quantitative estimate of drug-likeness (QED) is 0.879. The normalized spacial score (nSPS) is 13.4. The topological polar surface area (TPSA) is 31.9 Å². The summed E-state index contributed by atoms with van der Waals surface area (Å²) in [4.78, 5) is 10.2. The lowest BCUT2D eigenvalue weighted by Gasteiger charge is -2.26. The number of fused-ring (bicyclic) bond motifs is 1. The molecule has 3 nitrogen and oxygen atoms in total. The standard InChI is InChI=1S/C14H20FN3/c1-4-13(18(5-2)6-3)14-16-11-8-7-10(15)9-12(11)17-14/h7-9,13H,4-6H2,1-3H3,(H,16,17). The van der Waals surface area contributed by atoms with Crippen LogP contribution in [0, 0.1) is 5.82 Å². The number of hydrogen-bond acceptors (Lipinski definition) is 2. The van der Waals surface area contributed by atoms with Gasteiger partial charge in [-0.2, -0.15) is 0 Å².